The van der Waals surface area contributed by atoms with Crippen molar-refractivity contribution < 1.29 is 38.5 Å². The molecule has 45 heavy (non-hydrogen) atoms. The third-order valence-corrected chi connectivity index (χ3v) is 13.1. The lowest BCUT2D eigenvalue weighted by Gasteiger charge is -2.60. The van der Waals surface area contributed by atoms with Gasteiger partial charge in [-0.2, -0.15) is 0 Å². The summed E-state index contributed by atoms with van der Waals surface area (Å²) in [6.45, 7) is 27.5. The smallest absolute Gasteiger partial charge is 0.320 e. The van der Waals surface area contributed by atoms with E-state index in [1.54, 1.807) is 32.8 Å². The molecule has 0 atom stereocenters. The highest BCUT2D eigenvalue weighted by Gasteiger charge is 2.56. The van der Waals surface area contributed by atoms with Gasteiger partial charge in [0.2, 0.25) is 8.32 Å². The van der Waals surface area contributed by atoms with E-state index in [4.69, 9.17) is 13.9 Å². The van der Waals surface area contributed by atoms with Gasteiger partial charge >= 0.3 is 17.9 Å². The average Bonchev–Trinajstić information content (AvgIpc) is 2.78. The minimum Gasteiger partial charge on any atom is -0.543 e. The van der Waals surface area contributed by atoms with Gasteiger partial charge in [-0.15, -0.1) is 0 Å². The Bertz CT molecular complexity index is 1160. The number of carbonyl (C=O) groups is 3. The van der Waals surface area contributed by atoms with Gasteiger partial charge in [0.05, 0.1) is 26.7 Å². The number of hydrogen-bond acceptors (Lipinski definition) is 8. The number of nitrogens with zero attached hydrogens (tertiary/aromatic N) is 2. The molecule has 2 N–H and O–H groups in total. The predicted octanol–water partition coefficient (Wildman–Crippen LogP) is 6.53. The fraction of sp³-hybridized carbons (Fsp3) is 0.735. The standard InChI is InChI=1S/C34H60N2O8Si/c1-30(2,3)34(31(4,5)6,36(20-27(37)38)21-28(39)40)23-35(22-29(41)43-32(7,8)9)19-24-18-25(42-13)16-17-26(24)44-45(14,15)33(10,11)12/h16-18H,19-23H2,1-15H3,(H,37,38)(H,39,40). The van der Waals surface area contributed by atoms with Gasteiger partial charge < -0.3 is 24.1 Å². The van der Waals surface area contributed by atoms with Crippen LogP contribution in [0.15, 0.2) is 18.2 Å². The predicted molar refractivity (Wildman–Crippen MR) is 180 cm³/mol. The molecule has 0 saturated carbocycles. The van der Waals surface area contributed by atoms with Crippen LogP contribution in [0.25, 0.3) is 0 Å². The summed E-state index contributed by atoms with van der Waals surface area (Å²) in [5.74, 6) is -1.41. The van der Waals surface area contributed by atoms with Gasteiger partial charge in [-0.05, 0) is 67.9 Å². The van der Waals surface area contributed by atoms with Crippen molar-refractivity contribution in [3.8, 4) is 11.5 Å². The summed E-state index contributed by atoms with van der Waals surface area (Å²) < 4.78 is 18.1. The zero-order chi connectivity index (χ0) is 35.4. The first-order valence-corrected chi connectivity index (χ1v) is 18.5. The number of hydrogen-bond donors (Lipinski definition) is 2. The second kappa shape index (κ2) is 14.4. The zero-order valence-electron chi connectivity index (χ0n) is 30.5. The molecule has 10 nitrogen and oxygen atoms in total. The van der Waals surface area contributed by atoms with E-state index < -0.39 is 61.3 Å². The van der Waals surface area contributed by atoms with Crippen LogP contribution in [-0.2, 0) is 25.7 Å². The van der Waals surface area contributed by atoms with Gasteiger partial charge in [0.1, 0.15) is 17.1 Å². The monoisotopic (exact) mass is 652 g/mol. The van der Waals surface area contributed by atoms with Gasteiger partial charge in [0.25, 0.3) is 0 Å². The van der Waals surface area contributed by atoms with Crippen LogP contribution in [-0.4, -0.2) is 90.7 Å². The number of ether oxygens (including phenoxy) is 2. The van der Waals surface area contributed by atoms with Crippen LogP contribution < -0.4 is 9.16 Å². The molecular weight excluding hydrogens is 592 g/mol. The van der Waals surface area contributed by atoms with E-state index >= 15 is 0 Å². The van der Waals surface area contributed by atoms with Crippen LogP contribution in [0.4, 0.5) is 0 Å². The minimum atomic E-state index is -2.27. The SMILES string of the molecule is COc1ccc(O[Si](C)(C)C(C)(C)C)c(CN(CC(=O)OC(C)(C)C)CC(N(CC(=O)O)CC(=O)O)(C(C)(C)C)C(C)(C)C)c1. The van der Waals surface area contributed by atoms with Crippen LogP contribution >= 0.6 is 0 Å². The van der Waals surface area contributed by atoms with Crippen molar-refractivity contribution in [3.05, 3.63) is 23.8 Å². The molecule has 0 aliphatic heterocycles. The maximum absolute atomic E-state index is 13.4. The van der Waals surface area contributed by atoms with Crippen LogP contribution in [0.2, 0.25) is 18.1 Å². The summed E-state index contributed by atoms with van der Waals surface area (Å²) in [7, 11) is -0.681. The first-order valence-electron chi connectivity index (χ1n) is 15.5. The maximum Gasteiger partial charge on any atom is 0.320 e. The molecular formula is C34H60N2O8Si. The lowest BCUT2D eigenvalue weighted by atomic mass is 9.58. The number of methoxy groups -OCH3 is 1. The summed E-state index contributed by atoms with van der Waals surface area (Å²) in [6, 6.07) is 5.63. The molecule has 1 aromatic carbocycles. The molecule has 0 aromatic heterocycles. The zero-order valence-corrected chi connectivity index (χ0v) is 31.5. The van der Waals surface area contributed by atoms with E-state index in [9.17, 15) is 24.6 Å². The first-order chi connectivity index (χ1) is 20.1. The summed E-state index contributed by atoms with van der Waals surface area (Å²) in [5, 5.41) is 19.8. The molecule has 0 amide bonds. The second-order valence-electron chi connectivity index (χ2n) is 16.6. The average molecular weight is 653 g/mol. The van der Waals surface area contributed by atoms with E-state index in [0.29, 0.717) is 11.5 Å². The highest BCUT2D eigenvalue weighted by Crippen LogP contribution is 2.49. The molecule has 258 valence electrons. The summed E-state index contributed by atoms with van der Waals surface area (Å²) in [6.07, 6.45) is 0. The Morgan fingerprint density at radius 2 is 1.29 bits per heavy atom. The number of benzene rings is 1. The van der Waals surface area contributed by atoms with E-state index in [1.165, 1.54) is 0 Å². The van der Waals surface area contributed by atoms with E-state index in [0.717, 1.165) is 5.56 Å². The van der Waals surface area contributed by atoms with Gasteiger partial charge in [0, 0.05) is 24.2 Å². The lowest BCUT2D eigenvalue weighted by molar-refractivity contribution is -0.165. The van der Waals surface area contributed by atoms with Crippen molar-refractivity contribution in [1.82, 2.24) is 9.80 Å². The molecule has 11 heteroatoms. The van der Waals surface area contributed by atoms with Crippen molar-refractivity contribution in [2.24, 2.45) is 10.8 Å². The molecule has 0 unspecified atom stereocenters. The molecule has 1 aromatic rings. The molecule has 1 rings (SSSR count). The number of aliphatic carboxylic acids is 2. The Morgan fingerprint density at radius 3 is 1.67 bits per heavy atom. The van der Waals surface area contributed by atoms with E-state index in [2.05, 4.69) is 33.9 Å². The molecule has 0 aliphatic carbocycles. The van der Waals surface area contributed by atoms with Crippen LogP contribution in [0.1, 0.15) is 88.6 Å². The minimum absolute atomic E-state index is 0.0673. The molecule has 0 spiro atoms. The Balaban J connectivity index is 4.00. The Morgan fingerprint density at radius 1 is 0.800 bits per heavy atom. The van der Waals surface area contributed by atoms with Gasteiger partial charge in [0.15, 0.2) is 0 Å². The quantitative estimate of drug-likeness (QED) is 0.169. The third-order valence-electron chi connectivity index (χ3n) is 8.73. The number of rotatable bonds is 14. The molecule has 0 fully saturated rings. The number of carboxylic acid groups (broad SMARTS) is 2. The Kier molecular flexibility index (Phi) is 12.9. The molecule has 0 bridgehead atoms. The Hall–Kier alpha value is -2.63. The van der Waals surface area contributed by atoms with Gasteiger partial charge in [-0.3, -0.25) is 24.2 Å². The normalized spacial score (nSPS) is 13.6. The fourth-order valence-corrected chi connectivity index (χ4v) is 6.98. The molecule has 0 aliphatic rings. The Labute approximate surface area is 272 Å². The number of esters is 1. The van der Waals surface area contributed by atoms with E-state index in [1.807, 2.05) is 64.6 Å². The largest absolute Gasteiger partial charge is 0.543 e. The van der Waals surface area contributed by atoms with Crippen molar-refractivity contribution in [3.63, 3.8) is 0 Å². The van der Waals surface area contributed by atoms with Crippen molar-refractivity contribution in [2.75, 3.05) is 33.3 Å². The first kappa shape index (κ1) is 40.4. The number of carbonyl (C=O) groups excluding carboxylic acids is 1. The summed E-state index contributed by atoms with van der Waals surface area (Å²) in [5.41, 5.74) is -2.26. The van der Waals surface area contributed by atoms with Crippen molar-refractivity contribution in [2.45, 2.75) is 119 Å². The lowest BCUT2D eigenvalue weighted by Crippen LogP contribution is -2.70. The molecule has 0 saturated heterocycles. The van der Waals surface area contributed by atoms with E-state index in [-0.39, 0.29) is 24.7 Å². The van der Waals surface area contributed by atoms with Crippen LogP contribution in [0.5, 0.6) is 11.5 Å². The van der Waals surface area contributed by atoms with Crippen LogP contribution in [0.3, 0.4) is 0 Å². The van der Waals surface area contributed by atoms with Gasteiger partial charge in [-0.1, -0.05) is 62.3 Å². The molecule has 0 heterocycles. The fourth-order valence-electron chi connectivity index (χ4n) is 5.92. The van der Waals surface area contributed by atoms with Crippen molar-refractivity contribution >= 4 is 26.2 Å². The summed E-state index contributed by atoms with van der Waals surface area (Å²) >= 11 is 0. The highest BCUT2D eigenvalue weighted by molar-refractivity contribution is 6.74. The third kappa shape index (κ3) is 11.0. The topological polar surface area (TPSA) is 126 Å². The molecule has 0 radical (unpaired) electrons. The number of carboxylic acids is 2. The maximum atomic E-state index is 13.4. The second-order valence-corrected chi connectivity index (χ2v) is 21.3. The van der Waals surface area contributed by atoms with Gasteiger partial charge in [-0.25, -0.2) is 0 Å². The summed E-state index contributed by atoms with van der Waals surface area (Å²) in [4.78, 5) is 41.3. The van der Waals surface area contributed by atoms with Crippen LogP contribution in [0, 0.1) is 10.8 Å². The van der Waals surface area contributed by atoms with Crippen molar-refractivity contribution in [1.29, 1.82) is 0 Å². The highest BCUT2D eigenvalue weighted by atomic mass is 28.4.